The van der Waals surface area contributed by atoms with Crippen molar-refractivity contribution < 1.29 is 4.79 Å². The third kappa shape index (κ3) is 3.70. The molecule has 4 rings (SSSR count). The van der Waals surface area contributed by atoms with Gasteiger partial charge >= 0.3 is 0 Å². The molecule has 134 valence electrons. The van der Waals surface area contributed by atoms with Gasteiger partial charge in [0.25, 0.3) is 5.56 Å². The molecule has 0 unspecified atom stereocenters. The number of benzene rings is 2. The van der Waals surface area contributed by atoms with Gasteiger partial charge < -0.3 is 5.32 Å². The van der Waals surface area contributed by atoms with E-state index in [4.69, 9.17) is 0 Å². The number of amides is 1. The fourth-order valence-electron chi connectivity index (χ4n) is 2.80. The first-order chi connectivity index (χ1) is 13.1. The van der Waals surface area contributed by atoms with Crippen molar-refractivity contribution in [3.05, 3.63) is 81.1 Å². The summed E-state index contributed by atoms with van der Waals surface area (Å²) in [4.78, 5) is 30.3. The Kier molecular flexibility index (Phi) is 4.87. The van der Waals surface area contributed by atoms with Crippen molar-refractivity contribution in [2.24, 2.45) is 0 Å². The summed E-state index contributed by atoms with van der Waals surface area (Å²) in [6.07, 6.45) is 1.43. The van der Waals surface area contributed by atoms with Gasteiger partial charge in [-0.3, -0.25) is 14.2 Å². The second-order valence-corrected chi connectivity index (χ2v) is 7.70. The molecule has 0 fully saturated rings. The molecule has 0 saturated carbocycles. The Bertz CT molecular complexity index is 1170. The highest BCUT2D eigenvalue weighted by Crippen LogP contribution is 2.30. The van der Waals surface area contributed by atoms with E-state index in [0.29, 0.717) is 15.9 Å². The van der Waals surface area contributed by atoms with Crippen molar-refractivity contribution in [2.75, 3.05) is 5.32 Å². The average Bonchev–Trinajstić information content (AvgIpc) is 3.11. The van der Waals surface area contributed by atoms with Gasteiger partial charge in [-0.15, -0.1) is 11.3 Å². The monoisotopic (exact) mass is 439 g/mol. The summed E-state index contributed by atoms with van der Waals surface area (Å²) >= 11 is 4.78. The van der Waals surface area contributed by atoms with E-state index in [1.165, 1.54) is 22.2 Å². The van der Waals surface area contributed by atoms with Crippen LogP contribution in [0.25, 0.3) is 21.3 Å². The molecule has 0 bridgehead atoms. The Hall–Kier alpha value is -2.77. The van der Waals surface area contributed by atoms with Gasteiger partial charge in [-0.05, 0) is 29.8 Å². The third-order valence-electron chi connectivity index (χ3n) is 4.09. The molecule has 5 nitrogen and oxygen atoms in total. The van der Waals surface area contributed by atoms with Gasteiger partial charge in [0.2, 0.25) is 5.91 Å². The van der Waals surface area contributed by atoms with Gasteiger partial charge in [-0.1, -0.05) is 46.3 Å². The van der Waals surface area contributed by atoms with Crippen LogP contribution in [-0.4, -0.2) is 15.5 Å². The summed E-state index contributed by atoms with van der Waals surface area (Å²) in [5.41, 5.74) is 2.26. The van der Waals surface area contributed by atoms with Crippen molar-refractivity contribution in [3.63, 3.8) is 0 Å². The van der Waals surface area contributed by atoms with Crippen LogP contribution in [0.4, 0.5) is 5.69 Å². The van der Waals surface area contributed by atoms with Crippen molar-refractivity contribution in [2.45, 2.75) is 6.54 Å². The van der Waals surface area contributed by atoms with Crippen LogP contribution in [0.1, 0.15) is 0 Å². The fraction of sp³-hybridized carbons (Fsp3) is 0.0500. The predicted octanol–water partition coefficient (Wildman–Crippen LogP) is 4.53. The number of nitrogens with zero attached hydrogens (tertiary/aromatic N) is 2. The zero-order valence-electron chi connectivity index (χ0n) is 14.1. The zero-order valence-corrected chi connectivity index (χ0v) is 16.5. The maximum atomic E-state index is 13.0. The number of carbonyl (C=O) groups is 1. The van der Waals surface area contributed by atoms with Crippen molar-refractivity contribution in [1.29, 1.82) is 0 Å². The minimum Gasteiger partial charge on any atom is -0.325 e. The Balaban J connectivity index is 1.64. The molecule has 2 heterocycles. The number of thiophene rings is 1. The van der Waals surface area contributed by atoms with Crippen LogP contribution in [0, 0.1) is 0 Å². The van der Waals surface area contributed by atoms with Gasteiger partial charge in [0.15, 0.2) is 0 Å². The highest BCUT2D eigenvalue weighted by atomic mass is 79.9. The van der Waals surface area contributed by atoms with Gasteiger partial charge in [0, 0.05) is 21.1 Å². The van der Waals surface area contributed by atoms with Crippen molar-refractivity contribution >= 4 is 49.1 Å². The quantitative estimate of drug-likeness (QED) is 0.508. The van der Waals surface area contributed by atoms with E-state index in [9.17, 15) is 9.59 Å². The standard InChI is InChI=1S/C20H14BrN3O2S/c21-14-6-8-15(9-7-14)23-17(25)10-24-12-22-19-18(20(24)26)16(11-27-19)13-4-2-1-3-5-13/h1-9,11-12H,10H2,(H,23,25). The Morgan fingerprint density at radius 2 is 1.85 bits per heavy atom. The molecule has 1 N–H and O–H groups in total. The molecule has 2 aromatic heterocycles. The number of aromatic nitrogens is 2. The van der Waals surface area contributed by atoms with Crippen LogP contribution < -0.4 is 10.9 Å². The van der Waals surface area contributed by atoms with Crippen molar-refractivity contribution in [1.82, 2.24) is 9.55 Å². The smallest absolute Gasteiger partial charge is 0.263 e. The lowest BCUT2D eigenvalue weighted by molar-refractivity contribution is -0.116. The SMILES string of the molecule is O=C(Cn1cnc2scc(-c3ccccc3)c2c1=O)Nc1ccc(Br)cc1. The summed E-state index contributed by atoms with van der Waals surface area (Å²) in [6, 6.07) is 17.0. The Labute approximate surface area is 167 Å². The first-order valence-corrected chi connectivity index (χ1v) is 9.86. The van der Waals surface area contributed by atoms with Crippen LogP contribution >= 0.6 is 27.3 Å². The van der Waals surface area contributed by atoms with Gasteiger partial charge in [-0.25, -0.2) is 4.98 Å². The lowest BCUT2D eigenvalue weighted by Gasteiger charge is -2.08. The van der Waals surface area contributed by atoms with Crippen LogP contribution in [0.15, 0.2) is 75.6 Å². The van der Waals surface area contributed by atoms with E-state index in [0.717, 1.165) is 15.6 Å². The third-order valence-corrected chi connectivity index (χ3v) is 5.50. The molecule has 0 aliphatic heterocycles. The molecule has 0 radical (unpaired) electrons. The van der Waals surface area contributed by atoms with Crippen molar-refractivity contribution in [3.8, 4) is 11.1 Å². The fourth-order valence-corrected chi connectivity index (χ4v) is 3.97. The summed E-state index contributed by atoms with van der Waals surface area (Å²) in [7, 11) is 0. The normalized spacial score (nSPS) is 10.9. The van der Waals surface area contributed by atoms with E-state index in [1.54, 1.807) is 12.1 Å². The Morgan fingerprint density at radius 1 is 1.11 bits per heavy atom. The molecule has 4 aromatic rings. The van der Waals surface area contributed by atoms with Crippen LogP contribution in [0.3, 0.4) is 0 Å². The molecule has 7 heteroatoms. The first kappa shape index (κ1) is 17.6. The molecule has 0 atom stereocenters. The van der Waals surface area contributed by atoms with E-state index in [-0.39, 0.29) is 18.0 Å². The van der Waals surface area contributed by atoms with Gasteiger partial charge in [0.1, 0.15) is 11.4 Å². The number of hydrogen-bond acceptors (Lipinski definition) is 4. The first-order valence-electron chi connectivity index (χ1n) is 8.19. The van der Waals surface area contributed by atoms with E-state index in [1.807, 2.05) is 47.8 Å². The highest BCUT2D eigenvalue weighted by molar-refractivity contribution is 9.10. The summed E-state index contributed by atoms with van der Waals surface area (Å²) in [5, 5.41) is 5.27. The lowest BCUT2D eigenvalue weighted by atomic mass is 10.1. The molecule has 2 aromatic carbocycles. The van der Waals surface area contributed by atoms with Gasteiger partial charge in [-0.2, -0.15) is 0 Å². The predicted molar refractivity (Wildman–Crippen MR) is 112 cm³/mol. The van der Waals surface area contributed by atoms with Gasteiger partial charge in [0.05, 0.1) is 11.7 Å². The average molecular weight is 440 g/mol. The number of rotatable bonds is 4. The van der Waals surface area contributed by atoms with Crippen LogP contribution in [0.2, 0.25) is 0 Å². The maximum Gasteiger partial charge on any atom is 0.263 e. The van der Waals surface area contributed by atoms with E-state index < -0.39 is 0 Å². The molecule has 1 amide bonds. The minimum atomic E-state index is -0.280. The number of carbonyl (C=O) groups excluding carboxylic acids is 1. The van der Waals surface area contributed by atoms with Crippen LogP contribution in [0.5, 0.6) is 0 Å². The van der Waals surface area contributed by atoms with E-state index in [2.05, 4.69) is 26.2 Å². The summed E-state index contributed by atoms with van der Waals surface area (Å²) in [5.74, 6) is -0.280. The number of hydrogen-bond donors (Lipinski definition) is 1. The molecular weight excluding hydrogens is 426 g/mol. The highest BCUT2D eigenvalue weighted by Gasteiger charge is 2.14. The lowest BCUT2D eigenvalue weighted by Crippen LogP contribution is -2.27. The molecule has 0 saturated heterocycles. The molecule has 0 spiro atoms. The minimum absolute atomic E-state index is 0.0953. The second-order valence-electron chi connectivity index (χ2n) is 5.93. The largest absolute Gasteiger partial charge is 0.325 e. The number of anilines is 1. The summed E-state index contributed by atoms with van der Waals surface area (Å²) < 4.78 is 2.27. The maximum absolute atomic E-state index is 13.0. The molecule has 0 aliphatic carbocycles. The zero-order chi connectivity index (χ0) is 18.8. The van der Waals surface area contributed by atoms with E-state index >= 15 is 0 Å². The molecular formula is C20H14BrN3O2S. The summed E-state index contributed by atoms with van der Waals surface area (Å²) in [6.45, 7) is -0.0953. The number of nitrogens with one attached hydrogen (secondary N) is 1. The molecule has 0 aliphatic rings. The number of halogens is 1. The molecule has 27 heavy (non-hydrogen) atoms. The second kappa shape index (κ2) is 7.46. The van der Waals surface area contributed by atoms with Crippen LogP contribution in [-0.2, 0) is 11.3 Å². The Morgan fingerprint density at radius 3 is 2.59 bits per heavy atom. The number of fused-ring (bicyclic) bond motifs is 1. The topological polar surface area (TPSA) is 64.0 Å².